The van der Waals surface area contributed by atoms with E-state index in [2.05, 4.69) is 45.1 Å². The summed E-state index contributed by atoms with van der Waals surface area (Å²) in [6.45, 7) is 6.61. The van der Waals surface area contributed by atoms with Gasteiger partial charge in [0, 0.05) is 19.3 Å². The van der Waals surface area contributed by atoms with Crippen molar-refractivity contribution in [3.05, 3.63) is 24.3 Å². The van der Waals surface area contributed by atoms with E-state index in [1.807, 2.05) is 0 Å². The first-order valence-corrected chi connectivity index (χ1v) is 25.3. The molecular weight excluding hydrogens is 721 g/mol. The van der Waals surface area contributed by atoms with Gasteiger partial charge in [-0.25, -0.2) is 0 Å². The van der Waals surface area contributed by atoms with Crippen LogP contribution in [0.5, 0.6) is 0 Å². The predicted molar refractivity (Wildman–Crippen MR) is 247 cm³/mol. The van der Waals surface area contributed by atoms with Crippen molar-refractivity contribution in [2.24, 2.45) is 0 Å². The summed E-state index contributed by atoms with van der Waals surface area (Å²) in [6, 6.07) is 0. The van der Waals surface area contributed by atoms with Crippen LogP contribution in [0, 0.1) is 0 Å². The third-order valence-corrected chi connectivity index (χ3v) is 11.2. The Kier molecular flexibility index (Phi) is 45.8. The fourth-order valence-corrected chi connectivity index (χ4v) is 7.31. The molecule has 0 saturated heterocycles. The number of hydrogen-bond donors (Lipinski definition) is 0. The number of rotatable bonds is 46. The van der Waals surface area contributed by atoms with Crippen molar-refractivity contribution in [1.82, 2.24) is 0 Å². The van der Waals surface area contributed by atoms with Crippen molar-refractivity contribution < 1.29 is 28.6 Å². The molecule has 0 aromatic heterocycles. The topological polar surface area (TPSA) is 78.9 Å². The van der Waals surface area contributed by atoms with Gasteiger partial charge in [0.15, 0.2) is 6.10 Å². The van der Waals surface area contributed by atoms with Gasteiger partial charge in [0.25, 0.3) is 0 Å². The summed E-state index contributed by atoms with van der Waals surface area (Å²) in [5, 5.41) is 0. The van der Waals surface area contributed by atoms with E-state index >= 15 is 0 Å². The van der Waals surface area contributed by atoms with E-state index in [0.717, 1.165) is 64.2 Å². The molecule has 0 radical (unpaired) electrons. The highest BCUT2D eigenvalue weighted by Crippen LogP contribution is 2.15. The highest BCUT2D eigenvalue weighted by atomic mass is 16.6. The zero-order valence-electron chi connectivity index (χ0n) is 38.8. The molecule has 58 heavy (non-hydrogen) atoms. The fourth-order valence-electron chi connectivity index (χ4n) is 7.31. The van der Waals surface area contributed by atoms with Gasteiger partial charge in [-0.05, 0) is 70.6 Å². The molecule has 0 aliphatic rings. The molecule has 0 rings (SSSR count). The molecule has 0 aromatic carbocycles. The van der Waals surface area contributed by atoms with Crippen LogP contribution in [0.15, 0.2) is 24.3 Å². The second kappa shape index (κ2) is 47.6. The maximum Gasteiger partial charge on any atom is 0.306 e. The van der Waals surface area contributed by atoms with E-state index in [9.17, 15) is 14.4 Å². The molecule has 0 fully saturated rings. The Bertz CT molecular complexity index is 942. The van der Waals surface area contributed by atoms with E-state index in [-0.39, 0.29) is 31.1 Å². The van der Waals surface area contributed by atoms with Crippen LogP contribution in [0.3, 0.4) is 0 Å². The van der Waals surface area contributed by atoms with E-state index < -0.39 is 6.10 Å². The Hall–Kier alpha value is -2.11. The van der Waals surface area contributed by atoms with E-state index in [1.54, 1.807) is 0 Å². The average Bonchev–Trinajstić information content (AvgIpc) is 3.22. The largest absolute Gasteiger partial charge is 0.462 e. The monoisotopic (exact) mass is 817 g/mol. The van der Waals surface area contributed by atoms with Crippen LogP contribution < -0.4 is 0 Å². The lowest BCUT2D eigenvalue weighted by Crippen LogP contribution is -2.30. The van der Waals surface area contributed by atoms with Crippen molar-refractivity contribution in [3.8, 4) is 0 Å². The second-order valence-electron chi connectivity index (χ2n) is 17.1. The van der Waals surface area contributed by atoms with Crippen molar-refractivity contribution in [2.45, 2.75) is 277 Å². The van der Waals surface area contributed by atoms with Gasteiger partial charge in [-0.1, -0.05) is 206 Å². The van der Waals surface area contributed by atoms with Gasteiger partial charge in [-0.15, -0.1) is 0 Å². The molecule has 0 aliphatic heterocycles. The van der Waals surface area contributed by atoms with Crippen LogP contribution >= 0.6 is 0 Å². The van der Waals surface area contributed by atoms with Crippen molar-refractivity contribution in [2.75, 3.05) is 13.2 Å². The number of allylic oxidation sites excluding steroid dienone is 4. The molecule has 0 aromatic rings. The number of hydrogen-bond acceptors (Lipinski definition) is 6. The molecule has 0 amide bonds. The summed E-state index contributed by atoms with van der Waals surface area (Å²) < 4.78 is 16.8. The molecule has 0 unspecified atom stereocenters. The highest BCUT2D eigenvalue weighted by Gasteiger charge is 2.19. The minimum atomic E-state index is -0.771. The van der Waals surface area contributed by atoms with Crippen LogP contribution in [-0.2, 0) is 28.6 Å². The number of ether oxygens (including phenoxy) is 3. The van der Waals surface area contributed by atoms with Crippen LogP contribution in [-0.4, -0.2) is 37.2 Å². The Morgan fingerprint density at radius 2 is 0.569 bits per heavy atom. The Balaban J connectivity index is 4.32. The molecule has 1 atom stereocenters. The minimum absolute atomic E-state index is 0.0727. The smallest absolute Gasteiger partial charge is 0.306 e. The van der Waals surface area contributed by atoms with E-state index in [4.69, 9.17) is 14.2 Å². The summed E-state index contributed by atoms with van der Waals surface area (Å²) in [6.07, 6.45) is 53.0. The molecule has 0 bridgehead atoms. The van der Waals surface area contributed by atoms with E-state index in [1.165, 1.54) is 167 Å². The molecule has 6 heteroatoms. The van der Waals surface area contributed by atoms with Gasteiger partial charge in [0.1, 0.15) is 13.2 Å². The first-order chi connectivity index (χ1) is 28.5. The van der Waals surface area contributed by atoms with Gasteiger partial charge in [0.2, 0.25) is 0 Å². The number of carbonyl (C=O) groups is 3. The number of esters is 3. The van der Waals surface area contributed by atoms with Gasteiger partial charge in [0.05, 0.1) is 0 Å². The fraction of sp³-hybridized carbons (Fsp3) is 0.865. The SMILES string of the molecule is CCCCC/C=C\CCCCCCCC(=O)O[C@@H](COC(=O)CCCCCCCCC/C=C\CCCCCCCC)COC(=O)CCCCCCCCCCCCC. The lowest BCUT2D eigenvalue weighted by molar-refractivity contribution is -0.167. The molecular formula is C52H96O6. The number of carbonyl (C=O) groups excluding carboxylic acids is 3. The number of unbranched alkanes of at least 4 members (excludes halogenated alkanes) is 31. The Morgan fingerprint density at radius 3 is 0.897 bits per heavy atom. The van der Waals surface area contributed by atoms with Crippen LogP contribution in [0.4, 0.5) is 0 Å². The summed E-state index contributed by atoms with van der Waals surface area (Å²) in [4.78, 5) is 37.9. The quantitative estimate of drug-likeness (QED) is 0.0263. The predicted octanol–water partition coefficient (Wildman–Crippen LogP) is 16.4. The molecule has 0 heterocycles. The zero-order valence-corrected chi connectivity index (χ0v) is 38.8. The first kappa shape index (κ1) is 55.9. The highest BCUT2D eigenvalue weighted by molar-refractivity contribution is 5.71. The maximum atomic E-state index is 12.7. The minimum Gasteiger partial charge on any atom is -0.462 e. The van der Waals surface area contributed by atoms with Crippen molar-refractivity contribution in [1.29, 1.82) is 0 Å². The molecule has 0 N–H and O–H groups in total. The van der Waals surface area contributed by atoms with Gasteiger partial charge < -0.3 is 14.2 Å². The summed E-state index contributed by atoms with van der Waals surface area (Å²) in [7, 11) is 0. The third kappa shape index (κ3) is 45.0. The summed E-state index contributed by atoms with van der Waals surface area (Å²) in [5.41, 5.74) is 0. The van der Waals surface area contributed by atoms with Crippen molar-refractivity contribution >= 4 is 17.9 Å². The lowest BCUT2D eigenvalue weighted by atomic mass is 10.1. The first-order valence-electron chi connectivity index (χ1n) is 25.3. The van der Waals surface area contributed by atoms with E-state index in [0.29, 0.717) is 19.3 Å². The normalized spacial score (nSPS) is 12.1. The van der Waals surface area contributed by atoms with Crippen LogP contribution in [0.2, 0.25) is 0 Å². The molecule has 6 nitrogen and oxygen atoms in total. The summed E-state index contributed by atoms with van der Waals surface area (Å²) in [5.74, 6) is -0.877. The van der Waals surface area contributed by atoms with Gasteiger partial charge >= 0.3 is 17.9 Å². The zero-order chi connectivity index (χ0) is 42.3. The summed E-state index contributed by atoms with van der Waals surface area (Å²) >= 11 is 0. The third-order valence-electron chi connectivity index (χ3n) is 11.2. The second-order valence-corrected chi connectivity index (χ2v) is 17.1. The molecule has 340 valence electrons. The maximum absolute atomic E-state index is 12.7. The van der Waals surface area contributed by atoms with Crippen LogP contribution in [0.1, 0.15) is 271 Å². The standard InChI is InChI=1S/C52H96O6/c1-4-7-10-13-16-19-22-24-25-26-27-28-31-33-36-39-42-45-51(54)57-48-49(47-56-50(53)44-41-38-35-32-29-21-18-15-12-9-6-3)58-52(55)46-43-40-37-34-30-23-20-17-14-11-8-5-2/h17,20,24-25,49H,4-16,18-19,21-23,26-48H2,1-3H3/b20-17-,25-24-/t49-/m1/s1. The molecule has 0 aliphatic carbocycles. The van der Waals surface area contributed by atoms with Gasteiger partial charge in [-0.3, -0.25) is 14.4 Å². The van der Waals surface area contributed by atoms with Crippen LogP contribution in [0.25, 0.3) is 0 Å². The average molecular weight is 817 g/mol. The molecule has 0 spiro atoms. The molecule has 0 saturated carbocycles. The Labute approximate surface area is 360 Å². The lowest BCUT2D eigenvalue weighted by Gasteiger charge is -2.18. The Morgan fingerprint density at radius 1 is 0.328 bits per heavy atom. The van der Waals surface area contributed by atoms with Crippen molar-refractivity contribution in [3.63, 3.8) is 0 Å². The van der Waals surface area contributed by atoms with Gasteiger partial charge in [-0.2, -0.15) is 0 Å².